The van der Waals surface area contributed by atoms with Gasteiger partial charge in [0.25, 0.3) is 0 Å². The summed E-state index contributed by atoms with van der Waals surface area (Å²) in [6, 6.07) is 6.06. The Balaban J connectivity index is 1.46. The SMILES string of the molecule is Cc1nc([C@H]2CCCCN2C(=O)C2CCCC2)nc2c1CC(=O)N2Cc1ccc(F)cc1. The van der Waals surface area contributed by atoms with Crippen molar-refractivity contribution in [1.82, 2.24) is 14.9 Å². The van der Waals surface area contributed by atoms with Crippen molar-refractivity contribution in [3.05, 3.63) is 52.7 Å². The lowest BCUT2D eigenvalue weighted by Gasteiger charge is -2.36. The van der Waals surface area contributed by atoms with E-state index in [2.05, 4.69) is 0 Å². The summed E-state index contributed by atoms with van der Waals surface area (Å²) in [6.45, 7) is 3.01. The highest BCUT2D eigenvalue weighted by Gasteiger charge is 2.37. The summed E-state index contributed by atoms with van der Waals surface area (Å²) < 4.78 is 13.3. The van der Waals surface area contributed by atoms with Gasteiger partial charge in [-0.05, 0) is 56.7 Å². The van der Waals surface area contributed by atoms with Crippen molar-refractivity contribution in [3.8, 4) is 0 Å². The number of carbonyl (C=O) groups excluding carboxylic acids is 2. The van der Waals surface area contributed by atoms with Crippen LogP contribution in [-0.4, -0.2) is 33.2 Å². The lowest BCUT2D eigenvalue weighted by Crippen LogP contribution is -2.42. The number of hydrogen-bond acceptors (Lipinski definition) is 4. The first-order chi connectivity index (χ1) is 15.5. The second-order valence-electron chi connectivity index (χ2n) is 9.28. The molecule has 2 amide bonds. The van der Waals surface area contributed by atoms with Gasteiger partial charge in [-0.2, -0.15) is 0 Å². The number of benzene rings is 1. The number of carbonyl (C=O) groups is 2. The van der Waals surface area contributed by atoms with Gasteiger partial charge in [-0.25, -0.2) is 14.4 Å². The van der Waals surface area contributed by atoms with Gasteiger partial charge in [0.05, 0.1) is 19.0 Å². The van der Waals surface area contributed by atoms with Gasteiger partial charge in [0.2, 0.25) is 11.8 Å². The van der Waals surface area contributed by atoms with E-state index in [0.29, 0.717) is 18.2 Å². The maximum absolute atomic E-state index is 13.3. The molecule has 2 aliphatic heterocycles. The highest BCUT2D eigenvalue weighted by molar-refractivity contribution is 6.00. The molecule has 3 heterocycles. The molecule has 168 valence electrons. The zero-order chi connectivity index (χ0) is 22.2. The molecule has 5 rings (SSSR count). The van der Waals surface area contributed by atoms with Gasteiger partial charge in [-0.3, -0.25) is 14.5 Å². The van der Waals surface area contributed by atoms with E-state index in [0.717, 1.165) is 68.3 Å². The second kappa shape index (κ2) is 8.60. The van der Waals surface area contributed by atoms with Crippen LogP contribution in [0.1, 0.15) is 73.6 Å². The minimum Gasteiger partial charge on any atom is -0.332 e. The average molecular weight is 437 g/mol. The maximum Gasteiger partial charge on any atom is 0.233 e. The largest absolute Gasteiger partial charge is 0.332 e. The summed E-state index contributed by atoms with van der Waals surface area (Å²) >= 11 is 0. The smallest absolute Gasteiger partial charge is 0.233 e. The summed E-state index contributed by atoms with van der Waals surface area (Å²) in [5.41, 5.74) is 2.50. The summed E-state index contributed by atoms with van der Waals surface area (Å²) in [4.78, 5) is 39.4. The molecule has 1 aromatic heterocycles. The molecule has 1 atom stereocenters. The van der Waals surface area contributed by atoms with Gasteiger partial charge < -0.3 is 4.90 Å². The molecule has 1 aliphatic carbocycles. The van der Waals surface area contributed by atoms with E-state index >= 15 is 0 Å². The zero-order valence-corrected chi connectivity index (χ0v) is 18.5. The van der Waals surface area contributed by atoms with Crippen LogP contribution in [0.2, 0.25) is 0 Å². The predicted octanol–water partition coefficient (Wildman–Crippen LogP) is 4.26. The first-order valence-corrected chi connectivity index (χ1v) is 11.7. The Bertz CT molecular complexity index is 1030. The highest BCUT2D eigenvalue weighted by atomic mass is 19.1. The topological polar surface area (TPSA) is 66.4 Å². The summed E-state index contributed by atoms with van der Waals surface area (Å²) in [5, 5.41) is 0. The monoisotopic (exact) mass is 436 g/mol. The molecule has 2 fully saturated rings. The van der Waals surface area contributed by atoms with Crippen LogP contribution in [0, 0.1) is 18.7 Å². The number of fused-ring (bicyclic) bond motifs is 1. The molecule has 0 bridgehead atoms. The van der Waals surface area contributed by atoms with Crippen LogP contribution in [0.4, 0.5) is 10.2 Å². The summed E-state index contributed by atoms with van der Waals surface area (Å²) in [5.74, 6) is 1.33. The molecule has 1 saturated carbocycles. The summed E-state index contributed by atoms with van der Waals surface area (Å²) in [6.07, 6.45) is 7.39. The molecule has 0 radical (unpaired) electrons. The molecule has 7 heteroatoms. The second-order valence-corrected chi connectivity index (χ2v) is 9.28. The molecule has 0 spiro atoms. The Labute approximate surface area is 187 Å². The third-order valence-corrected chi connectivity index (χ3v) is 7.14. The van der Waals surface area contributed by atoms with Crippen molar-refractivity contribution in [1.29, 1.82) is 0 Å². The van der Waals surface area contributed by atoms with E-state index in [9.17, 15) is 14.0 Å². The van der Waals surface area contributed by atoms with E-state index in [1.165, 1.54) is 12.1 Å². The average Bonchev–Trinajstić information content (AvgIpc) is 3.44. The summed E-state index contributed by atoms with van der Waals surface area (Å²) in [7, 11) is 0. The van der Waals surface area contributed by atoms with Gasteiger partial charge in [-0.15, -0.1) is 0 Å². The normalized spacial score (nSPS) is 21.3. The lowest BCUT2D eigenvalue weighted by atomic mass is 9.97. The third-order valence-electron chi connectivity index (χ3n) is 7.14. The fraction of sp³-hybridized carbons (Fsp3) is 0.520. The number of nitrogens with zero attached hydrogens (tertiary/aromatic N) is 4. The number of aromatic nitrogens is 2. The number of amides is 2. The number of piperidine rings is 1. The third kappa shape index (κ3) is 3.89. The first-order valence-electron chi connectivity index (χ1n) is 11.7. The van der Waals surface area contributed by atoms with Crippen molar-refractivity contribution in [3.63, 3.8) is 0 Å². The molecule has 0 N–H and O–H groups in total. The Morgan fingerprint density at radius 3 is 2.53 bits per heavy atom. The van der Waals surface area contributed by atoms with E-state index in [-0.39, 0.29) is 36.0 Å². The van der Waals surface area contributed by atoms with Crippen LogP contribution in [0.5, 0.6) is 0 Å². The molecular weight excluding hydrogens is 407 g/mol. The molecule has 6 nitrogen and oxygen atoms in total. The first kappa shape index (κ1) is 21.0. The number of halogens is 1. The number of anilines is 1. The fourth-order valence-corrected chi connectivity index (χ4v) is 5.35. The van der Waals surface area contributed by atoms with Gasteiger partial charge in [-0.1, -0.05) is 25.0 Å². The van der Waals surface area contributed by atoms with Gasteiger partial charge in [0, 0.05) is 23.7 Å². The van der Waals surface area contributed by atoms with Crippen LogP contribution in [0.3, 0.4) is 0 Å². The van der Waals surface area contributed by atoms with Crippen LogP contribution in [0.25, 0.3) is 0 Å². The van der Waals surface area contributed by atoms with Crippen molar-refractivity contribution >= 4 is 17.6 Å². The van der Waals surface area contributed by atoms with Crippen LogP contribution in [-0.2, 0) is 22.6 Å². The van der Waals surface area contributed by atoms with Gasteiger partial charge >= 0.3 is 0 Å². The molecule has 3 aliphatic rings. The lowest BCUT2D eigenvalue weighted by molar-refractivity contribution is -0.139. The number of hydrogen-bond donors (Lipinski definition) is 0. The number of aryl methyl sites for hydroxylation is 1. The van der Waals surface area contributed by atoms with Crippen molar-refractivity contribution < 1.29 is 14.0 Å². The van der Waals surface area contributed by atoms with Crippen molar-refractivity contribution in [2.45, 2.75) is 70.9 Å². The molecule has 1 aromatic carbocycles. The van der Waals surface area contributed by atoms with Crippen molar-refractivity contribution in [2.75, 3.05) is 11.4 Å². The molecule has 0 unspecified atom stereocenters. The predicted molar refractivity (Wildman–Crippen MR) is 118 cm³/mol. The zero-order valence-electron chi connectivity index (χ0n) is 18.5. The standard InChI is InChI=1S/C25H29FN4O2/c1-16-20-14-22(31)30(15-17-9-11-19(26)12-10-17)24(20)28-23(27-16)21-8-4-5-13-29(21)25(32)18-6-2-3-7-18/h9-12,18,21H,2-8,13-15H2,1H3/t21-/m1/s1. The number of rotatable bonds is 4. The highest BCUT2D eigenvalue weighted by Crippen LogP contribution is 2.37. The van der Waals surface area contributed by atoms with Gasteiger partial charge in [0.1, 0.15) is 11.6 Å². The molecule has 2 aromatic rings. The van der Waals surface area contributed by atoms with Crippen LogP contribution >= 0.6 is 0 Å². The van der Waals surface area contributed by atoms with E-state index in [4.69, 9.17) is 9.97 Å². The van der Waals surface area contributed by atoms with E-state index < -0.39 is 0 Å². The fourth-order valence-electron chi connectivity index (χ4n) is 5.35. The Kier molecular flexibility index (Phi) is 5.66. The van der Waals surface area contributed by atoms with Gasteiger partial charge in [0.15, 0.2) is 5.82 Å². The van der Waals surface area contributed by atoms with Crippen LogP contribution in [0.15, 0.2) is 24.3 Å². The quantitative estimate of drug-likeness (QED) is 0.718. The van der Waals surface area contributed by atoms with Crippen LogP contribution < -0.4 is 4.90 Å². The van der Waals surface area contributed by atoms with E-state index in [1.807, 2.05) is 11.8 Å². The minimum atomic E-state index is -0.299. The minimum absolute atomic E-state index is 0.0265. The molecule has 1 saturated heterocycles. The molecule has 32 heavy (non-hydrogen) atoms. The van der Waals surface area contributed by atoms with E-state index in [1.54, 1.807) is 17.0 Å². The number of likely N-dealkylation sites (tertiary alicyclic amines) is 1. The Hall–Kier alpha value is -2.83. The Morgan fingerprint density at radius 2 is 1.78 bits per heavy atom. The van der Waals surface area contributed by atoms with Crippen molar-refractivity contribution in [2.24, 2.45) is 5.92 Å². The Morgan fingerprint density at radius 1 is 1.06 bits per heavy atom. The molecular formula is C25H29FN4O2. The maximum atomic E-state index is 13.3.